The maximum absolute atomic E-state index is 6.20. The van der Waals surface area contributed by atoms with Crippen LogP contribution in [0.5, 0.6) is 5.75 Å². The van der Waals surface area contributed by atoms with Gasteiger partial charge in [-0.05, 0) is 19.9 Å². The van der Waals surface area contributed by atoms with Crippen molar-refractivity contribution in [1.82, 2.24) is 10.2 Å². The van der Waals surface area contributed by atoms with E-state index in [2.05, 4.69) is 23.2 Å². The molecule has 1 saturated heterocycles. The number of rotatable bonds is 4. The molecule has 0 amide bonds. The first-order valence-corrected chi connectivity index (χ1v) is 6.94. The zero-order valence-electron chi connectivity index (χ0n) is 11.5. The van der Waals surface area contributed by atoms with E-state index in [0.717, 1.165) is 31.9 Å². The van der Waals surface area contributed by atoms with E-state index >= 15 is 0 Å². The maximum atomic E-state index is 6.20. The minimum Gasteiger partial charge on any atom is -0.492 e. The van der Waals surface area contributed by atoms with Crippen LogP contribution in [0.15, 0.2) is 18.2 Å². The van der Waals surface area contributed by atoms with Crippen molar-refractivity contribution in [3.05, 3.63) is 28.8 Å². The molecule has 19 heavy (non-hydrogen) atoms. The van der Waals surface area contributed by atoms with Crippen molar-refractivity contribution >= 4 is 24.0 Å². The number of para-hydroxylation sites is 1. The van der Waals surface area contributed by atoms with Gasteiger partial charge >= 0.3 is 0 Å². The normalized spacial score (nSPS) is 19.8. The van der Waals surface area contributed by atoms with E-state index < -0.39 is 0 Å². The van der Waals surface area contributed by atoms with Gasteiger partial charge in [0.05, 0.1) is 11.6 Å². The second kappa shape index (κ2) is 7.95. The Morgan fingerprint density at radius 2 is 2.26 bits per heavy atom. The molecule has 1 aliphatic rings. The van der Waals surface area contributed by atoms with Crippen LogP contribution >= 0.6 is 24.0 Å². The largest absolute Gasteiger partial charge is 0.492 e. The lowest BCUT2D eigenvalue weighted by Crippen LogP contribution is -2.48. The molecule has 2 rings (SSSR count). The number of nitrogens with zero attached hydrogens (tertiary/aromatic N) is 1. The van der Waals surface area contributed by atoms with Gasteiger partial charge in [-0.1, -0.05) is 23.7 Å². The van der Waals surface area contributed by atoms with Gasteiger partial charge in [0.2, 0.25) is 0 Å². The van der Waals surface area contributed by atoms with Gasteiger partial charge in [0, 0.05) is 37.8 Å². The highest BCUT2D eigenvalue weighted by Gasteiger charge is 2.17. The molecule has 1 aromatic rings. The molecule has 5 heteroatoms. The molecule has 0 aromatic heterocycles. The van der Waals surface area contributed by atoms with E-state index in [1.54, 1.807) is 0 Å². The van der Waals surface area contributed by atoms with Gasteiger partial charge < -0.3 is 10.1 Å². The molecule has 1 heterocycles. The molecule has 0 aliphatic carbocycles. The molecule has 0 spiro atoms. The molecule has 0 bridgehead atoms. The third-order valence-electron chi connectivity index (χ3n) is 3.18. The van der Waals surface area contributed by atoms with Gasteiger partial charge in [-0.3, -0.25) is 4.90 Å². The molecule has 0 radical (unpaired) electrons. The lowest BCUT2D eigenvalue weighted by atomic mass is 10.1. The fraction of sp³-hybridized carbons (Fsp3) is 0.571. The summed E-state index contributed by atoms with van der Waals surface area (Å²) in [5.74, 6) is 0.841. The monoisotopic (exact) mass is 304 g/mol. The number of piperazine rings is 1. The van der Waals surface area contributed by atoms with Gasteiger partial charge in [-0.15, -0.1) is 12.4 Å². The highest BCUT2D eigenvalue weighted by molar-refractivity contribution is 6.32. The van der Waals surface area contributed by atoms with Crippen LogP contribution in [0.3, 0.4) is 0 Å². The fourth-order valence-electron chi connectivity index (χ4n) is 2.38. The minimum atomic E-state index is 0. The number of hydrogen-bond donors (Lipinski definition) is 1. The lowest BCUT2D eigenvalue weighted by molar-refractivity contribution is 0.196. The Kier molecular flexibility index (Phi) is 6.94. The van der Waals surface area contributed by atoms with Gasteiger partial charge in [0.15, 0.2) is 0 Å². The summed E-state index contributed by atoms with van der Waals surface area (Å²) in [6.07, 6.45) is 0. The van der Waals surface area contributed by atoms with Crippen LogP contribution in [0, 0.1) is 0 Å². The van der Waals surface area contributed by atoms with Crippen LogP contribution in [0.2, 0.25) is 5.02 Å². The van der Waals surface area contributed by atoms with E-state index in [4.69, 9.17) is 16.3 Å². The average molecular weight is 305 g/mol. The standard InChI is InChI=1S/C14H21ClN2O.ClH/c1-3-18-14-12(5-4-6-13(14)15)10-17-8-7-16-11(2)9-17;/h4-6,11,16H,3,7-10H2,1-2H3;1H/t11-;/m1./s1. The molecule has 1 aromatic carbocycles. The number of hydrogen-bond acceptors (Lipinski definition) is 3. The Bertz CT molecular complexity index is 401. The van der Waals surface area contributed by atoms with E-state index in [1.807, 2.05) is 19.1 Å². The van der Waals surface area contributed by atoms with E-state index in [0.29, 0.717) is 17.7 Å². The summed E-state index contributed by atoms with van der Waals surface area (Å²) in [4.78, 5) is 2.44. The topological polar surface area (TPSA) is 24.5 Å². The molecule has 1 fully saturated rings. The van der Waals surface area contributed by atoms with Gasteiger partial charge in [-0.25, -0.2) is 0 Å². The first kappa shape index (κ1) is 16.6. The van der Waals surface area contributed by atoms with Crippen LogP contribution < -0.4 is 10.1 Å². The smallest absolute Gasteiger partial charge is 0.142 e. The zero-order valence-corrected chi connectivity index (χ0v) is 13.1. The van der Waals surface area contributed by atoms with Crippen LogP contribution in [0.1, 0.15) is 19.4 Å². The molecule has 1 N–H and O–H groups in total. The Balaban J connectivity index is 0.00000180. The predicted octanol–water partition coefficient (Wildman–Crippen LogP) is 2.95. The van der Waals surface area contributed by atoms with Crippen molar-refractivity contribution in [2.75, 3.05) is 26.2 Å². The van der Waals surface area contributed by atoms with E-state index in [1.165, 1.54) is 5.56 Å². The van der Waals surface area contributed by atoms with Crippen molar-refractivity contribution in [1.29, 1.82) is 0 Å². The molecule has 1 aliphatic heterocycles. The van der Waals surface area contributed by atoms with E-state index in [-0.39, 0.29) is 12.4 Å². The molecule has 108 valence electrons. The van der Waals surface area contributed by atoms with Crippen LogP contribution in [0.4, 0.5) is 0 Å². The van der Waals surface area contributed by atoms with Crippen molar-refractivity contribution in [2.24, 2.45) is 0 Å². The van der Waals surface area contributed by atoms with Crippen LogP contribution in [-0.2, 0) is 6.54 Å². The summed E-state index contributed by atoms with van der Waals surface area (Å²) < 4.78 is 5.66. The summed E-state index contributed by atoms with van der Waals surface area (Å²) in [7, 11) is 0. The first-order valence-electron chi connectivity index (χ1n) is 6.56. The van der Waals surface area contributed by atoms with E-state index in [9.17, 15) is 0 Å². The number of ether oxygens (including phenoxy) is 1. The highest BCUT2D eigenvalue weighted by Crippen LogP contribution is 2.29. The number of halogens is 2. The van der Waals surface area contributed by atoms with Crippen molar-refractivity contribution in [3.63, 3.8) is 0 Å². The quantitative estimate of drug-likeness (QED) is 0.925. The third-order valence-corrected chi connectivity index (χ3v) is 3.48. The summed E-state index contributed by atoms with van der Waals surface area (Å²) >= 11 is 6.20. The van der Waals surface area contributed by atoms with Crippen LogP contribution in [-0.4, -0.2) is 37.2 Å². The fourth-order valence-corrected chi connectivity index (χ4v) is 2.63. The zero-order chi connectivity index (χ0) is 13.0. The average Bonchev–Trinajstić information content (AvgIpc) is 2.34. The van der Waals surface area contributed by atoms with Gasteiger partial charge in [-0.2, -0.15) is 0 Å². The summed E-state index contributed by atoms with van der Waals surface area (Å²) in [5.41, 5.74) is 1.18. The van der Waals surface area contributed by atoms with Gasteiger partial charge in [0.25, 0.3) is 0 Å². The minimum absolute atomic E-state index is 0. The second-order valence-corrected chi connectivity index (χ2v) is 5.16. The Labute approximate surface area is 126 Å². The molecule has 0 saturated carbocycles. The Morgan fingerprint density at radius 3 is 2.95 bits per heavy atom. The van der Waals surface area contributed by atoms with Crippen molar-refractivity contribution < 1.29 is 4.74 Å². The SMILES string of the molecule is CCOc1c(Cl)cccc1CN1CCN[C@H](C)C1.Cl. The Morgan fingerprint density at radius 1 is 1.47 bits per heavy atom. The summed E-state index contributed by atoms with van der Waals surface area (Å²) in [6.45, 7) is 8.94. The molecular weight excluding hydrogens is 283 g/mol. The predicted molar refractivity (Wildman–Crippen MR) is 82.6 cm³/mol. The first-order chi connectivity index (χ1) is 8.70. The van der Waals surface area contributed by atoms with Crippen LogP contribution in [0.25, 0.3) is 0 Å². The van der Waals surface area contributed by atoms with Crippen molar-refractivity contribution in [3.8, 4) is 5.75 Å². The van der Waals surface area contributed by atoms with Crippen molar-refractivity contribution in [2.45, 2.75) is 26.4 Å². The molecule has 3 nitrogen and oxygen atoms in total. The second-order valence-electron chi connectivity index (χ2n) is 4.75. The summed E-state index contributed by atoms with van der Waals surface area (Å²) in [6, 6.07) is 6.53. The number of benzene rings is 1. The Hall–Kier alpha value is -0.480. The molecule has 0 unspecified atom stereocenters. The molecular formula is C14H22Cl2N2O. The summed E-state index contributed by atoms with van der Waals surface area (Å²) in [5, 5.41) is 4.16. The highest BCUT2D eigenvalue weighted by atomic mass is 35.5. The third kappa shape index (κ3) is 4.53. The lowest BCUT2D eigenvalue weighted by Gasteiger charge is -2.32. The number of nitrogens with one attached hydrogen (secondary N) is 1. The van der Waals surface area contributed by atoms with Gasteiger partial charge in [0.1, 0.15) is 5.75 Å². The molecule has 1 atom stereocenters. The maximum Gasteiger partial charge on any atom is 0.142 e.